The number of benzene rings is 2. The van der Waals surface area contributed by atoms with E-state index >= 15 is 0 Å². The molecule has 3 N–H and O–H groups in total. The maximum Gasteiger partial charge on any atom is 0.258 e. The minimum Gasteiger partial charge on any atom is -0.397 e. The Morgan fingerprint density at radius 2 is 1.74 bits per heavy atom. The van der Waals surface area contributed by atoms with Gasteiger partial charge in [-0.15, -0.1) is 22.7 Å². The van der Waals surface area contributed by atoms with Crippen LogP contribution in [0.5, 0.6) is 0 Å². The van der Waals surface area contributed by atoms with Crippen molar-refractivity contribution in [3.05, 3.63) is 98.8 Å². The first-order valence-corrected chi connectivity index (χ1v) is 12.4. The second-order valence-corrected chi connectivity index (χ2v) is 9.99. The van der Waals surface area contributed by atoms with E-state index < -0.39 is 0 Å². The monoisotopic (exact) mass is 503 g/mol. The number of hydrogen-bond donors (Lipinski definition) is 2. The molecule has 0 unspecified atom stereocenters. The summed E-state index contributed by atoms with van der Waals surface area (Å²) in [7, 11) is 0. The SMILES string of the molecule is Cc1nc2sc(C(=O)c3ccc(Cl)cc3)c(N)c2c(-c2cccs2)c1C(=O)Nc1ccccc1. The Labute approximate surface area is 208 Å². The molecule has 5 rings (SSSR count). The molecule has 0 aliphatic rings. The Balaban J connectivity index is 1.71. The molecule has 0 saturated carbocycles. The number of carbonyl (C=O) groups excluding carboxylic acids is 2. The molecule has 3 aromatic heterocycles. The molecule has 0 radical (unpaired) electrons. The van der Waals surface area contributed by atoms with Gasteiger partial charge in [0.25, 0.3) is 5.91 Å². The highest BCUT2D eigenvalue weighted by molar-refractivity contribution is 7.21. The average Bonchev–Trinajstić information content (AvgIpc) is 3.47. The number of ketones is 1. The standard InChI is InChI=1S/C26H18ClN3O2S2/c1-14-19(25(32)30-17-6-3-2-4-7-17)20(18-8-5-13-33-18)21-22(28)24(34-26(21)29-14)23(31)15-9-11-16(27)12-10-15/h2-13H,28H2,1H3,(H,30,32). The molecule has 0 aliphatic carbocycles. The fourth-order valence-corrected chi connectivity index (χ4v) is 5.85. The predicted octanol–water partition coefficient (Wildman–Crippen LogP) is 7.05. The number of amides is 1. The van der Waals surface area contributed by atoms with E-state index in [1.165, 1.54) is 22.7 Å². The van der Waals surface area contributed by atoms with Crippen molar-refractivity contribution in [3.63, 3.8) is 0 Å². The molecule has 3 heterocycles. The van der Waals surface area contributed by atoms with Crippen LogP contribution in [0.1, 0.15) is 31.3 Å². The summed E-state index contributed by atoms with van der Waals surface area (Å²) in [6.45, 7) is 1.80. The number of anilines is 2. The average molecular weight is 504 g/mol. The van der Waals surface area contributed by atoms with Crippen LogP contribution in [0.25, 0.3) is 20.7 Å². The molecule has 0 saturated heterocycles. The number of hydrogen-bond acceptors (Lipinski definition) is 6. The molecule has 5 aromatic rings. The summed E-state index contributed by atoms with van der Waals surface area (Å²) in [5.74, 6) is -0.486. The Kier molecular flexibility index (Phi) is 5.91. The van der Waals surface area contributed by atoms with Crippen LogP contribution in [0.15, 0.2) is 72.1 Å². The molecule has 0 bridgehead atoms. The molecule has 8 heteroatoms. The first kappa shape index (κ1) is 22.3. The van der Waals surface area contributed by atoms with E-state index in [0.717, 1.165) is 4.88 Å². The summed E-state index contributed by atoms with van der Waals surface area (Å²) in [6.07, 6.45) is 0. The highest BCUT2D eigenvalue weighted by atomic mass is 35.5. The Morgan fingerprint density at radius 1 is 1.00 bits per heavy atom. The van der Waals surface area contributed by atoms with Crippen molar-refractivity contribution in [2.45, 2.75) is 6.92 Å². The fraction of sp³-hybridized carbons (Fsp3) is 0.0385. The van der Waals surface area contributed by atoms with Crippen LogP contribution in [0, 0.1) is 6.92 Å². The molecule has 168 valence electrons. The number of aryl methyl sites for hydroxylation is 1. The second-order valence-electron chi connectivity index (χ2n) is 7.61. The van der Waals surface area contributed by atoms with Gasteiger partial charge in [0.1, 0.15) is 9.71 Å². The van der Waals surface area contributed by atoms with Gasteiger partial charge < -0.3 is 11.1 Å². The minimum atomic E-state index is -0.280. The Bertz CT molecular complexity index is 1530. The summed E-state index contributed by atoms with van der Waals surface area (Å²) in [5.41, 5.74) is 9.77. The van der Waals surface area contributed by atoms with E-state index in [2.05, 4.69) is 10.3 Å². The van der Waals surface area contributed by atoms with E-state index in [-0.39, 0.29) is 11.7 Å². The van der Waals surface area contributed by atoms with Gasteiger partial charge in [-0.3, -0.25) is 9.59 Å². The van der Waals surface area contributed by atoms with Crippen LogP contribution in [-0.4, -0.2) is 16.7 Å². The first-order valence-electron chi connectivity index (χ1n) is 10.4. The maximum atomic E-state index is 13.4. The normalized spacial score (nSPS) is 11.0. The zero-order valence-electron chi connectivity index (χ0n) is 18.0. The van der Waals surface area contributed by atoms with Gasteiger partial charge in [0.15, 0.2) is 0 Å². The van der Waals surface area contributed by atoms with Crippen LogP contribution >= 0.6 is 34.3 Å². The van der Waals surface area contributed by atoms with E-state index in [4.69, 9.17) is 17.3 Å². The van der Waals surface area contributed by atoms with E-state index in [1.54, 1.807) is 31.2 Å². The lowest BCUT2D eigenvalue weighted by atomic mass is 9.99. The number of fused-ring (bicyclic) bond motifs is 1. The quantitative estimate of drug-likeness (QED) is 0.251. The van der Waals surface area contributed by atoms with Crippen LogP contribution in [0.4, 0.5) is 11.4 Å². The second kappa shape index (κ2) is 9.02. The van der Waals surface area contributed by atoms with E-state index in [0.29, 0.717) is 53.9 Å². The van der Waals surface area contributed by atoms with Crippen LogP contribution in [-0.2, 0) is 0 Å². The zero-order valence-corrected chi connectivity index (χ0v) is 20.4. The number of nitrogens with one attached hydrogen (secondary N) is 1. The number of aromatic nitrogens is 1. The zero-order chi connectivity index (χ0) is 23.8. The van der Waals surface area contributed by atoms with Crippen molar-refractivity contribution in [1.29, 1.82) is 0 Å². The van der Waals surface area contributed by atoms with Gasteiger partial charge in [0.2, 0.25) is 5.78 Å². The molecular formula is C26H18ClN3O2S2. The van der Waals surface area contributed by atoms with Crippen molar-refractivity contribution < 1.29 is 9.59 Å². The third-order valence-corrected chi connectivity index (χ3v) is 7.63. The van der Waals surface area contributed by atoms with Gasteiger partial charge in [0.05, 0.1) is 16.9 Å². The Morgan fingerprint density at radius 3 is 2.41 bits per heavy atom. The maximum absolute atomic E-state index is 13.4. The minimum absolute atomic E-state index is 0.206. The lowest BCUT2D eigenvalue weighted by Gasteiger charge is -2.13. The summed E-state index contributed by atoms with van der Waals surface area (Å²) < 4.78 is 0. The highest BCUT2D eigenvalue weighted by Gasteiger charge is 2.27. The molecule has 1 amide bonds. The molecular weight excluding hydrogens is 486 g/mol. The lowest BCUT2D eigenvalue weighted by molar-refractivity contribution is 0.102. The lowest BCUT2D eigenvalue weighted by Crippen LogP contribution is -2.15. The van der Waals surface area contributed by atoms with Gasteiger partial charge in [-0.1, -0.05) is 35.9 Å². The molecule has 0 aliphatic heterocycles. The molecule has 0 spiro atoms. The topological polar surface area (TPSA) is 85.1 Å². The number of nitrogens with zero attached hydrogens (tertiary/aromatic N) is 1. The fourth-order valence-electron chi connectivity index (χ4n) is 3.83. The van der Waals surface area contributed by atoms with Crippen molar-refractivity contribution in [2.75, 3.05) is 11.1 Å². The van der Waals surface area contributed by atoms with Gasteiger partial charge in [-0.2, -0.15) is 0 Å². The van der Waals surface area contributed by atoms with E-state index in [9.17, 15) is 9.59 Å². The molecule has 34 heavy (non-hydrogen) atoms. The summed E-state index contributed by atoms with van der Waals surface area (Å²) in [4.78, 5) is 33.3. The van der Waals surface area contributed by atoms with Crippen molar-refractivity contribution in [2.24, 2.45) is 0 Å². The highest BCUT2D eigenvalue weighted by Crippen LogP contribution is 2.44. The van der Waals surface area contributed by atoms with Crippen molar-refractivity contribution in [3.8, 4) is 10.4 Å². The largest absolute Gasteiger partial charge is 0.397 e. The third kappa shape index (κ3) is 3.98. The third-order valence-electron chi connectivity index (χ3n) is 5.40. The Hall–Kier alpha value is -3.52. The number of carbonyl (C=O) groups is 2. The number of nitrogen functional groups attached to an aromatic ring is 1. The molecule has 0 fully saturated rings. The molecule has 2 aromatic carbocycles. The van der Waals surface area contributed by atoms with Gasteiger partial charge in [0, 0.05) is 32.1 Å². The van der Waals surface area contributed by atoms with Gasteiger partial charge in [-0.05, 0) is 54.8 Å². The molecule has 5 nitrogen and oxygen atoms in total. The summed E-state index contributed by atoms with van der Waals surface area (Å²) in [5, 5.41) is 6.07. The molecule has 0 atom stereocenters. The van der Waals surface area contributed by atoms with Gasteiger partial charge >= 0.3 is 0 Å². The van der Waals surface area contributed by atoms with Crippen LogP contribution < -0.4 is 11.1 Å². The predicted molar refractivity (Wildman–Crippen MR) is 141 cm³/mol. The number of rotatable bonds is 5. The number of pyridine rings is 1. The van der Waals surface area contributed by atoms with Crippen LogP contribution in [0.3, 0.4) is 0 Å². The van der Waals surface area contributed by atoms with Gasteiger partial charge in [-0.25, -0.2) is 4.98 Å². The van der Waals surface area contributed by atoms with E-state index in [1.807, 2.05) is 47.8 Å². The number of para-hydroxylation sites is 1. The first-order chi connectivity index (χ1) is 16.4. The summed E-state index contributed by atoms with van der Waals surface area (Å²) >= 11 is 8.72. The summed E-state index contributed by atoms with van der Waals surface area (Å²) in [6, 6.07) is 19.8. The number of thiophene rings is 2. The number of halogens is 1. The van der Waals surface area contributed by atoms with Crippen molar-refractivity contribution in [1.82, 2.24) is 4.98 Å². The smallest absolute Gasteiger partial charge is 0.258 e. The van der Waals surface area contributed by atoms with Crippen LogP contribution in [0.2, 0.25) is 5.02 Å². The number of nitrogens with two attached hydrogens (primary N) is 1. The van der Waals surface area contributed by atoms with Crippen molar-refractivity contribution >= 4 is 67.6 Å².